The minimum atomic E-state index is -0.976. The molecule has 1 aromatic rings. The molecule has 0 saturated carbocycles. The van der Waals surface area contributed by atoms with E-state index in [4.69, 9.17) is 14.6 Å². The first-order chi connectivity index (χ1) is 8.35. The Hall–Kier alpha value is -1.55. The zero-order valence-corrected chi connectivity index (χ0v) is 11.3. The van der Waals surface area contributed by atoms with Crippen molar-refractivity contribution in [2.75, 3.05) is 13.7 Å². The highest BCUT2D eigenvalue weighted by Crippen LogP contribution is 2.22. The van der Waals surface area contributed by atoms with Gasteiger partial charge in [-0.3, -0.25) is 0 Å². The van der Waals surface area contributed by atoms with Gasteiger partial charge >= 0.3 is 5.97 Å². The number of carboxylic acids is 1. The summed E-state index contributed by atoms with van der Waals surface area (Å²) < 4.78 is 10.8. The Morgan fingerprint density at radius 1 is 1.39 bits per heavy atom. The molecule has 0 saturated heterocycles. The van der Waals surface area contributed by atoms with E-state index in [9.17, 15) is 4.79 Å². The second kappa shape index (κ2) is 5.87. The molecule has 0 radical (unpaired) electrons. The van der Waals surface area contributed by atoms with Crippen molar-refractivity contribution in [1.82, 2.24) is 0 Å². The summed E-state index contributed by atoms with van der Waals surface area (Å²) in [4.78, 5) is 11.0. The van der Waals surface area contributed by atoms with Gasteiger partial charge in [0.2, 0.25) is 0 Å². The fourth-order valence-electron chi connectivity index (χ4n) is 1.43. The Kier molecular flexibility index (Phi) is 4.73. The third kappa shape index (κ3) is 4.04. The van der Waals surface area contributed by atoms with Gasteiger partial charge in [0.05, 0.1) is 12.2 Å². The molecule has 0 heterocycles. The largest absolute Gasteiger partial charge is 0.493 e. The van der Waals surface area contributed by atoms with E-state index in [1.807, 2.05) is 20.8 Å². The lowest BCUT2D eigenvalue weighted by Crippen LogP contribution is -2.25. The van der Waals surface area contributed by atoms with Gasteiger partial charge in [-0.05, 0) is 38.5 Å². The Labute approximate surface area is 108 Å². The highest BCUT2D eigenvalue weighted by Gasteiger charge is 2.17. The van der Waals surface area contributed by atoms with Crippen molar-refractivity contribution < 1.29 is 19.4 Å². The van der Waals surface area contributed by atoms with Crippen LogP contribution in [0.25, 0.3) is 0 Å². The van der Waals surface area contributed by atoms with Crippen LogP contribution in [0.3, 0.4) is 0 Å². The Balaban J connectivity index is 2.72. The van der Waals surface area contributed by atoms with E-state index < -0.39 is 5.97 Å². The molecule has 0 aliphatic heterocycles. The number of carbonyl (C=O) groups is 1. The highest BCUT2D eigenvalue weighted by molar-refractivity contribution is 5.90. The minimum Gasteiger partial charge on any atom is -0.493 e. The summed E-state index contributed by atoms with van der Waals surface area (Å²) >= 11 is 0. The Morgan fingerprint density at radius 2 is 2.06 bits per heavy atom. The first-order valence-corrected chi connectivity index (χ1v) is 5.87. The van der Waals surface area contributed by atoms with E-state index >= 15 is 0 Å². The number of ether oxygens (including phenoxy) is 2. The van der Waals surface area contributed by atoms with E-state index in [1.54, 1.807) is 25.3 Å². The minimum absolute atomic E-state index is 0.191. The molecular formula is C14H20O4. The van der Waals surface area contributed by atoms with E-state index in [0.717, 1.165) is 5.56 Å². The van der Waals surface area contributed by atoms with E-state index in [0.29, 0.717) is 18.8 Å². The molecule has 4 heteroatoms. The molecule has 0 aliphatic carbocycles. The predicted octanol–water partition coefficient (Wildman–Crippen LogP) is 2.89. The van der Waals surface area contributed by atoms with Crippen LogP contribution in [0.15, 0.2) is 18.2 Å². The van der Waals surface area contributed by atoms with Gasteiger partial charge in [0.15, 0.2) is 0 Å². The van der Waals surface area contributed by atoms with Gasteiger partial charge in [-0.2, -0.15) is 0 Å². The molecule has 0 spiro atoms. The van der Waals surface area contributed by atoms with Gasteiger partial charge < -0.3 is 14.6 Å². The van der Waals surface area contributed by atoms with Crippen LogP contribution in [0.2, 0.25) is 0 Å². The van der Waals surface area contributed by atoms with Crippen LogP contribution in [0.5, 0.6) is 5.75 Å². The molecule has 1 N–H and O–H groups in total. The molecule has 0 bridgehead atoms. The Morgan fingerprint density at radius 3 is 2.61 bits per heavy atom. The SMILES string of the molecule is COC(C)(C)CCOc1cc(C)ccc1C(=O)O. The molecule has 1 aromatic carbocycles. The number of aryl methyl sites for hydroxylation is 1. The Bertz CT molecular complexity index is 424. The fourth-order valence-corrected chi connectivity index (χ4v) is 1.43. The van der Waals surface area contributed by atoms with Crippen molar-refractivity contribution in [2.45, 2.75) is 32.8 Å². The van der Waals surface area contributed by atoms with Crippen LogP contribution in [-0.4, -0.2) is 30.4 Å². The second-order valence-corrected chi connectivity index (χ2v) is 4.87. The summed E-state index contributed by atoms with van der Waals surface area (Å²) in [7, 11) is 1.65. The molecule has 0 aromatic heterocycles. The maximum atomic E-state index is 11.0. The van der Waals surface area contributed by atoms with Crippen molar-refractivity contribution in [2.24, 2.45) is 0 Å². The molecule has 0 unspecified atom stereocenters. The summed E-state index contributed by atoms with van der Waals surface area (Å²) in [5.41, 5.74) is 0.893. The molecule has 0 aliphatic rings. The molecule has 1 rings (SSSR count). The maximum Gasteiger partial charge on any atom is 0.339 e. The van der Waals surface area contributed by atoms with Crippen molar-refractivity contribution in [3.63, 3.8) is 0 Å². The smallest absolute Gasteiger partial charge is 0.339 e. The van der Waals surface area contributed by atoms with Crippen LogP contribution in [0.1, 0.15) is 36.2 Å². The van der Waals surface area contributed by atoms with Crippen LogP contribution in [0.4, 0.5) is 0 Å². The van der Waals surface area contributed by atoms with Gasteiger partial charge in [-0.15, -0.1) is 0 Å². The number of hydrogen-bond acceptors (Lipinski definition) is 3. The number of carboxylic acid groups (broad SMARTS) is 1. The zero-order valence-electron chi connectivity index (χ0n) is 11.3. The molecule has 0 fully saturated rings. The lowest BCUT2D eigenvalue weighted by molar-refractivity contribution is 0.00537. The summed E-state index contributed by atoms with van der Waals surface area (Å²) in [6, 6.07) is 5.06. The third-order valence-corrected chi connectivity index (χ3v) is 2.88. The lowest BCUT2D eigenvalue weighted by Gasteiger charge is -2.22. The molecule has 0 atom stereocenters. The first kappa shape index (κ1) is 14.5. The average molecular weight is 252 g/mol. The number of hydrogen-bond donors (Lipinski definition) is 1. The van der Waals surface area contributed by atoms with Gasteiger partial charge in [0.25, 0.3) is 0 Å². The fraction of sp³-hybridized carbons (Fsp3) is 0.500. The highest BCUT2D eigenvalue weighted by atomic mass is 16.5. The van der Waals surface area contributed by atoms with Crippen molar-refractivity contribution in [1.29, 1.82) is 0 Å². The van der Waals surface area contributed by atoms with Crippen LogP contribution in [0, 0.1) is 6.92 Å². The van der Waals surface area contributed by atoms with E-state index in [-0.39, 0.29) is 11.2 Å². The molecule has 4 nitrogen and oxygen atoms in total. The second-order valence-electron chi connectivity index (χ2n) is 4.87. The van der Waals surface area contributed by atoms with Crippen LogP contribution >= 0.6 is 0 Å². The predicted molar refractivity (Wildman–Crippen MR) is 69.3 cm³/mol. The van der Waals surface area contributed by atoms with Gasteiger partial charge in [-0.25, -0.2) is 4.79 Å². The van der Waals surface area contributed by atoms with Crippen LogP contribution < -0.4 is 4.74 Å². The van der Waals surface area contributed by atoms with Crippen molar-refractivity contribution in [3.8, 4) is 5.75 Å². The molecule has 18 heavy (non-hydrogen) atoms. The summed E-state index contributed by atoms with van der Waals surface area (Å²) in [6.07, 6.45) is 0.691. The third-order valence-electron chi connectivity index (χ3n) is 2.88. The summed E-state index contributed by atoms with van der Waals surface area (Å²) in [6.45, 7) is 6.25. The number of aromatic carboxylic acids is 1. The number of benzene rings is 1. The molecular weight excluding hydrogens is 232 g/mol. The maximum absolute atomic E-state index is 11.0. The average Bonchev–Trinajstić information content (AvgIpc) is 2.28. The normalized spacial score (nSPS) is 11.3. The number of methoxy groups -OCH3 is 1. The van der Waals surface area contributed by atoms with Crippen LogP contribution in [-0.2, 0) is 4.74 Å². The molecule has 0 amide bonds. The standard InChI is InChI=1S/C14H20O4/c1-10-5-6-11(13(15)16)12(9-10)18-8-7-14(2,3)17-4/h5-6,9H,7-8H2,1-4H3,(H,15,16). The van der Waals surface area contributed by atoms with Gasteiger partial charge in [0, 0.05) is 13.5 Å². The molecule has 100 valence electrons. The lowest BCUT2D eigenvalue weighted by atomic mass is 10.1. The quantitative estimate of drug-likeness (QED) is 0.845. The summed E-state index contributed by atoms with van der Waals surface area (Å²) in [5.74, 6) is -0.564. The topological polar surface area (TPSA) is 55.8 Å². The van der Waals surface area contributed by atoms with E-state index in [2.05, 4.69) is 0 Å². The number of rotatable bonds is 6. The van der Waals surface area contributed by atoms with Crippen molar-refractivity contribution in [3.05, 3.63) is 29.3 Å². The zero-order chi connectivity index (χ0) is 13.8. The monoisotopic (exact) mass is 252 g/mol. The first-order valence-electron chi connectivity index (χ1n) is 5.87. The summed E-state index contributed by atoms with van der Waals surface area (Å²) in [5, 5.41) is 9.06. The van der Waals surface area contributed by atoms with E-state index in [1.165, 1.54) is 0 Å². The van der Waals surface area contributed by atoms with Crippen molar-refractivity contribution >= 4 is 5.97 Å². The van der Waals surface area contributed by atoms with Gasteiger partial charge in [-0.1, -0.05) is 6.07 Å². The van der Waals surface area contributed by atoms with Gasteiger partial charge in [0.1, 0.15) is 11.3 Å².